The van der Waals surface area contributed by atoms with Crippen LogP contribution >= 0.6 is 0 Å². The summed E-state index contributed by atoms with van der Waals surface area (Å²) in [6.45, 7) is 5.85. The van der Waals surface area contributed by atoms with Gasteiger partial charge < -0.3 is 15.8 Å². The molecule has 0 spiro atoms. The van der Waals surface area contributed by atoms with E-state index in [1.165, 1.54) is 12.1 Å². The number of aliphatic imine (C=N–C) groups is 1. The second-order valence-corrected chi connectivity index (χ2v) is 8.19. The molecule has 0 unspecified atom stereocenters. The van der Waals surface area contributed by atoms with Crippen molar-refractivity contribution in [2.24, 2.45) is 16.1 Å². The molecule has 0 bridgehead atoms. The first-order chi connectivity index (χ1) is 15.7. The number of pyridine rings is 1. The van der Waals surface area contributed by atoms with E-state index in [1.54, 1.807) is 48.8 Å². The van der Waals surface area contributed by atoms with E-state index in [4.69, 9.17) is 10.5 Å². The van der Waals surface area contributed by atoms with Crippen molar-refractivity contribution < 1.29 is 13.9 Å². The first-order valence-corrected chi connectivity index (χ1v) is 10.3. The summed E-state index contributed by atoms with van der Waals surface area (Å²) in [5.74, 6) is 0.386. The van der Waals surface area contributed by atoms with Gasteiger partial charge in [0.25, 0.3) is 0 Å². The van der Waals surface area contributed by atoms with Gasteiger partial charge >= 0.3 is 6.03 Å². The van der Waals surface area contributed by atoms with Crippen LogP contribution in [-0.2, 0) is 0 Å². The summed E-state index contributed by atoms with van der Waals surface area (Å²) >= 11 is 0. The van der Waals surface area contributed by atoms with Crippen molar-refractivity contribution in [1.82, 2.24) is 10.3 Å². The molecular formula is C25H26FN5O2. The Morgan fingerprint density at radius 1 is 1.06 bits per heavy atom. The predicted molar refractivity (Wildman–Crippen MR) is 128 cm³/mol. The number of benzene rings is 2. The van der Waals surface area contributed by atoms with Crippen LogP contribution in [0.3, 0.4) is 0 Å². The summed E-state index contributed by atoms with van der Waals surface area (Å²) in [6, 6.07) is 15.9. The summed E-state index contributed by atoms with van der Waals surface area (Å²) in [6.07, 6.45) is 4.73. The molecule has 0 aliphatic carbocycles. The lowest BCUT2D eigenvalue weighted by Gasteiger charge is -2.19. The molecule has 3 rings (SSSR count). The maximum Gasteiger partial charge on any atom is 0.324 e. The largest absolute Gasteiger partial charge is 0.457 e. The minimum Gasteiger partial charge on any atom is -0.457 e. The van der Waals surface area contributed by atoms with E-state index in [1.807, 2.05) is 39.0 Å². The Bertz CT molecular complexity index is 1160. The molecule has 0 aliphatic rings. The molecule has 8 heteroatoms. The molecule has 7 nitrogen and oxygen atoms in total. The van der Waals surface area contributed by atoms with Gasteiger partial charge in [0.2, 0.25) is 0 Å². The van der Waals surface area contributed by atoms with Crippen LogP contribution in [0.2, 0.25) is 0 Å². The first kappa shape index (κ1) is 23.5. The molecule has 0 saturated heterocycles. The number of nitrogens with two attached hydrogens (primary N) is 1. The van der Waals surface area contributed by atoms with Crippen LogP contribution in [0.15, 0.2) is 89.8 Å². The highest BCUT2D eigenvalue weighted by Crippen LogP contribution is 2.25. The Kier molecular flexibility index (Phi) is 7.40. The smallest absolute Gasteiger partial charge is 0.324 e. The van der Waals surface area contributed by atoms with E-state index in [-0.39, 0.29) is 22.7 Å². The standard InChI is InChI=1S/C25H26FN5O2/c1-25(2,3)22(27)16-23(29-17-7-5-4-6-8-17)31-24(32)30-21-10-9-19(15-20(21)26)33-18-11-13-28-14-12-18/h4-16H,27H2,1-3H3,(H2,29,30,31,32)/b22-16-. The van der Waals surface area contributed by atoms with Gasteiger partial charge in [0.1, 0.15) is 23.2 Å². The van der Waals surface area contributed by atoms with E-state index in [0.717, 1.165) is 0 Å². The quantitative estimate of drug-likeness (QED) is 0.342. The zero-order valence-corrected chi connectivity index (χ0v) is 18.7. The number of carbonyl (C=O) groups is 1. The maximum absolute atomic E-state index is 14.6. The Morgan fingerprint density at radius 3 is 2.39 bits per heavy atom. The number of allylic oxidation sites excluding steroid dienone is 1. The van der Waals surface area contributed by atoms with Crippen molar-refractivity contribution in [3.8, 4) is 11.5 Å². The molecular weight excluding hydrogens is 421 g/mol. The summed E-state index contributed by atoms with van der Waals surface area (Å²) in [7, 11) is 0. The second kappa shape index (κ2) is 10.4. The molecule has 0 fully saturated rings. The fourth-order valence-corrected chi connectivity index (χ4v) is 2.57. The minimum absolute atomic E-state index is 0.0126. The molecule has 0 aliphatic heterocycles. The highest BCUT2D eigenvalue weighted by Gasteiger charge is 2.16. The van der Waals surface area contributed by atoms with Gasteiger partial charge in [-0.05, 0) is 36.4 Å². The Hall–Kier alpha value is -4.20. The summed E-state index contributed by atoms with van der Waals surface area (Å²) < 4.78 is 20.1. The zero-order valence-electron chi connectivity index (χ0n) is 18.7. The third-order valence-corrected chi connectivity index (χ3v) is 4.48. The van der Waals surface area contributed by atoms with Crippen LogP contribution in [0, 0.1) is 11.2 Å². The van der Waals surface area contributed by atoms with Gasteiger partial charge in [-0.25, -0.2) is 14.2 Å². The number of carbonyl (C=O) groups excluding carboxylic acids is 1. The number of hydrogen-bond acceptors (Lipinski definition) is 5. The monoisotopic (exact) mass is 447 g/mol. The van der Waals surface area contributed by atoms with Crippen LogP contribution in [0.1, 0.15) is 20.8 Å². The number of para-hydroxylation sites is 1. The van der Waals surface area contributed by atoms with Gasteiger partial charge in [-0.2, -0.15) is 0 Å². The zero-order chi connectivity index (χ0) is 23.8. The Labute approximate surface area is 192 Å². The Balaban J connectivity index is 1.75. The van der Waals surface area contributed by atoms with Crippen molar-refractivity contribution >= 4 is 23.2 Å². The molecule has 1 heterocycles. The lowest BCUT2D eigenvalue weighted by Crippen LogP contribution is -2.34. The molecule has 1 aromatic heterocycles. The van der Waals surface area contributed by atoms with Crippen LogP contribution < -0.4 is 21.1 Å². The predicted octanol–water partition coefficient (Wildman–Crippen LogP) is 5.75. The number of amidine groups is 1. The number of amides is 2. The van der Waals surface area contributed by atoms with Crippen molar-refractivity contribution in [2.45, 2.75) is 20.8 Å². The summed E-state index contributed by atoms with van der Waals surface area (Å²) in [4.78, 5) is 20.9. The first-order valence-electron chi connectivity index (χ1n) is 10.3. The van der Waals surface area contributed by atoms with Gasteiger partial charge in [-0.3, -0.25) is 10.3 Å². The molecule has 3 aromatic rings. The number of anilines is 1. The van der Waals surface area contributed by atoms with Gasteiger partial charge in [0.15, 0.2) is 0 Å². The molecule has 2 amide bonds. The van der Waals surface area contributed by atoms with Gasteiger partial charge in [0, 0.05) is 35.6 Å². The average Bonchev–Trinajstić information content (AvgIpc) is 2.76. The number of hydrogen-bond donors (Lipinski definition) is 3. The van der Waals surface area contributed by atoms with Crippen molar-refractivity contribution in [3.63, 3.8) is 0 Å². The highest BCUT2D eigenvalue weighted by molar-refractivity contribution is 6.08. The van der Waals surface area contributed by atoms with E-state index < -0.39 is 11.8 Å². The molecule has 170 valence electrons. The van der Waals surface area contributed by atoms with Gasteiger partial charge in [-0.1, -0.05) is 39.0 Å². The van der Waals surface area contributed by atoms with E-state index in [9.17, 15) is 9.18 Å². The normalized spacial score (nSPS) is 12.2. The minimum atomic E-state index is -0.663. The highest BCUT2D eigenvalue weighted by atomic mass is 19.1. The number of rotatable bonds is 5. The molecule has 4 N–H and O–H groups in total. The van der Waals surface area contributed by atoms with Crippen LogP contribution in [-0.4, -0.2) is 16.9 Å². The molecule has 2 aromatic carbocycles. The molecule has 0 atom stereocenters. The van der Waals surface area contributed by atoms with E-state index in [2.05, 4.69) is 20.6 Å². The van der Waals surface area contributed by atoms with E-state index in [0.29, 0.717) is 17.1 Å². The number of nitrogens with one attached hydrogen (secondary N) is 2. The van der Waals surface area contributed by atoms with Gasteiger partial charge in [-0.15, -0.1) is 0 Å². The van der Waals surface area contributed by atoms with Crippen LogP contribution in [0.4, 0.5) is 20.6 Å². The second-order valence-electron chi connectivity index (χ2n) is 8.19. The summed E-state index contributed by atoms with van der Waals surface area (Å²) in [5, 5.41) is 5.13. The number of halogens is 1. The van der Waals surface area contributed by atoms with Crippen LogP contribution in [0.5, 0.6) is 11.5 Å². The lowest BCUT2D eigenvalue weighted by molar-refractivity contribution is 0.256. The number of urea groups is 1. The van der Waals surface area contributed by atoms with Crippen molar-refractivity contribution in [1.29, 1.82) is 0 Å². The van der Waals surface area contributed by atoms with Crippen LogP contribution in [0.25, 0.3) is 0 Å². The average molecular weight is 448 g/mol. The van der Waals surface area contributed by atoms with Crippen molar-refractivity contribution in [2.75, 3.05) is 5.32 Å². The SMILES string of the molecule is CC(C)(C)/C(N)=C/C(=Nc1ccccc1)NC(=O)Nc1ccc(Oc2ccncc2)cc1F. The number of ether oxygens (including phenoxy) is 1. The lowest BCUT2D eigenvalue weighted by atomic mass is 9.92. The fraction of sp³-hybridized carbons (Fsp3) is 0.160. The topological polar surface area (TPSA) is 102 Å². The molecule has 0 radical (unpaired) electrons. The molecule has 0 saturated carbocycles. The number of aromatic nitrogens is 1. The Morgan fingerprint density at radius 2 is 1.76 bits per heavy atom. The molecule has 33 heavy (non-hydrogen) atoms. The third kappa shape index (κ3) is 7.17. The van der Waals surface area contributed by atoms with Crippen molar-refractivity contribution in [3.05, 3.63) is 90.6 Å². The third-order valence-electron chi connectivity index (χ3n) is 4.48. The van der Waals surface area contributed by atoms with E-state index >= 15 is 0 Å². The number of nitrogens with zero attached hydrogens (tertiary/aromatic N) is 2. The summed E-state index contributed by atoms with van der Waals surface area (Å²) in [5.41, 5.74) is 6.99. The fourth-order valence-electron chi connectivity index (χ4n) is 2.57. The van der Waals surface area contributed by atoms with Gasteiger partial charge in [0.05, 0.1) is 11.4 Å². The maximum atomic E-state index is 14.6.